The molecular formula is C26H31N3O2. The Morgan fingerprint density at radius 3 is 2.74 bits per heavy atom. The minimum atomic E-state index is -0.433. The van der Waals surface area contributed by atoms with Gasteiger partial charge in [-0.2, -0.15) is 5.26 Å². The summed E-state index contributed by atoms with van der Waals surface area (Å²) in [6.45, 7) is 12.0. The number of nitrogens with zero attached hydrogens (tertiary/aromatic N) is 2. The molecule has 0 saturated heterocycles. The Kier molecular flexibility index (Phi) is 6.40. The number of benzene rings is 2. The van der Waals surface area contributed by atoms with Crippen molar-refractivity contribution in [3.63, 3.8) is 0 Å². The summed E-state index contributed by atoms with van der Waals surface area (Å²) in [5, 5.41) is 12.4. The zero-order valence-electron chi connectivity index (χ0n) is 19.2. The molecule has 0 radical (unpaired) electrons. The zero-order chi connectivity index (χ0) is 22.8. The second kappa shape index (κ2) is 8.85. The molecule has 0 bridgehead atoms. The van der Waals surface area contributed by atoms with Gasteiger partial charge in [0, 0.05) is 29.5 Å². The Hall–Kier alpha value is -3.26. The third-order valence-corrected chi connectivity index (χ3v) is 6.08. The van der Waals surface area contributed by atoms with Gasteiger partial charge in [0.1, 0.15) is 17.4 Å². The van der Waals surface area contributed by atoms with Gasteiger partial charge in [-0.15, -0.1) is 0 Å². The summed E-state index contributed by atoms with van der Waals surface area (Å²) < 4.78 is 5.20. The molecule has 5 heteroatoms. The first-order valence-electron chi connectivity index (χ1n) is 10.7. The van der Waals surface area contributed by atoms with E-state index in [0.717, 1.165) is 24.1 Å². The van der Waals surface area contributed by atoms with Crippen LogP contribution in [-0.4, -0.2) is 25.1 Å². The number of fused-ring (bicyclic) bond motifs is 1. The van der Waals surface area contributed by atoms with Crippen molar-refractivity contribution < 1.29 is 9.53 Å². The quantitative estimate of drug-likeness (QED) is 0.503. The fourth-order valence-electron chi connectivity index (χ4n) is 4.61. The van der Waals surface area contributed by atoms with Gasteiger partial charge in [0.25, 0.3) is 5.91 Å². The first kappa shape index (κ1) is 22.4. The molecule has 1 heterocycles. The van der Waals surface area contributed by atoms with Crippen LogP contribution in [0.3, 0.4) is 0 Å². The maximum Gasteiger partial charge on any atom is 0.266 e. The first-order chi connectivity index (χ1) is 14.7. The van der Waals surface area contributed by atoms with Crippen LogP contribution in [0.15, 0.2) is 42.0 Å². The van der Waals surface area contributed by atoms with Crippen LogP contribution in [0.2, 0.25) is 0 Å². The fourth-order valence-corrected chi connectivity index (χ4v) is 4.61. The van der Waals surface area contributed by atoms with E-state index in [1.165, 1.54) is 11.3 Å². The Morgan fingerprint density at radius 2 is 2.10 bits per heavy atom. The van der Waals surface area contributed by atoms with Crippen molar-refractivity contribution in [2.45, 2.75) is 52.5 Å². The molecule has 1 aliphatic rings. The molecule has 1 atom stereocenters. The number of carbonyl (C=O) groups is 1. The molecule has 5 nitrogen and oxygen atoms in total. The van der Waals surface area contributed by atoms with Gasteiger partial charge in [-0.05, 0) is 87.1 Å². The van der Waals surface area contributed by atoms with Crippen molar-refractivity contribution >= 4 is 23.4 Å². The summed E-state index contributed by atoms with van der Waals surface area (Å²) in [5.74, 6) is 0.608. The zero-order valence-corrected chi connectivity index (χ0v) is 19.2. The molecule has 2 aromatic carbocycles. The molecule has 1 aliphatic heterocycles. The molecular weight excluding hydrogens is 386 g/mol. The number of carbonyl (C=O) groups excluding carboxylic acids is 1. The number of methoxy groups -OCH3 is 1. The van der Waals surface area contributed by atoms with Gasteiger partial charge in [-0.1, -0.05) is 13.0 Å². The Bertz CT molecular complexity index is 1060. The number of anilines is 2. The van der Waals surface area contributed by atoms with E-state index < -0.39 is 5.91 Å². The van der Waals surface area contributed by atoms with Gasteiger partial charge in [0.15, 0.2) is 0 Å². The van der Waals surface area contributed by atoms with E-state index in [4.69, 9.17) is 4.74 Å². The molecule has 0 saturated carbocycles. The average Bonchev–Trinajstić information content (AvgIpc) is 2.72. The number of amides is 1. The van der Waals surface area contributed by atoms with Gasteiger partial charge in [0.05, 0.1) is 7.11 Å². The Balaban J connectivity index is 1.95. The van der Waals surface area contributed by atoms with Crippen LogP contribution in [0, 0.1) is 18.3 Å². The molecule has 31 heavy (non-hydrogen) atoms. The van der Waals surface area contributed by atoms with Gasteiger partial charge >= 0.3 is 0 Å². The molecule has 1 amide bonds. The largest absolute Gasteiger partial charge is 0.497 e. The topological polar surface area (TPSA) is 65.4 Å². The van der Waals surface area contributed by atoms with Crippen LogP contribution in [0.25, 0.3) is 6.08 Å². The first-order valence-corrected chi connectivity index (χ1v) is 10.7. The molecule has 162 valence electrons. The third kappa shape index (κ3) is 4.59. The van der Waals surface area contributed by atoms with Crippen molar-refractivity contribution in [3.8, 4) is 11.8 Å². The van der Waals surface area contributed by atoms with Crippen LogP contribution >= 0.6 is 0 Å². The molecule has 3 rings (SSSR count). The summed E-state index contributed by atoms with van der Waals surface area (Å²) in [6, 6.07) is 13.5. The number of ether oxygens (including phenoxy) is 1. The molecule has 1 unspecified atom stereocenters. The van der Waals surface area contributed by atoms with Gasteiger partial charge < -0.3 is 15.0 Å². The summed E-state index contributed by atoms with van der Waals surface area (Å²) in [7, 11) is 1.57. The van der Waals surface area contributed by atoms with E-state index in [1.807, 2.05) is 6.92 Å². The number of hydrogen-bond acceptors (Lipinski definition) is 4. The molecule has 0 aliphatic carbocycles. The van der Waals surface area contributed by atoms with Gasteiger partial charge in [-0.25, -0.2) is 0 Å². The lowest BCUT2D eigenvalue weighted by molar-refractivity contribution is -0.112. The Labute approximate surface area is 185 Å². The smallest absolute Gasteiger partial charge is 0.266 e. The highest BCUT2D eigenvalue weighted by Crippen LogP contribution is 2.44. The summed E-state index contributed by atoms with van der Waals surface area (Å²) >= 11 is 0. The second-order valence-corrected chi connectivity index (χ2v) is 8.79. The maximum atomic E-state index is 12.7. The lowest BCUT2D eigenvalue weighted by atomic mass is 9.79. The Morgan fingerprint density at radius 1 is 1.35 bits per heavy atom. The normalized spacial score (nSPS) is 17.5. The average molecular weight is 418 g/mol. The van der Waals surface area contributed by atoms with E-state index in [9.17, 15) is 10.1 Å². The van der Waals surface area contributed by atoms with Gasteiger partial charge in [-0.3, -0.25) is 4.79 Å². The van der Waals surface area contributed by atoms with Crippen molar-refractivity contribution in [3.05, 3.63) is 58.7 Å². The van der Waals surface area contributed by atoms with Crippen LogP contribution in [0.1, 0.15) is 56.7 Å². The number of nitrogens with one attached hydrogen (secondary N) is 1. The number of hydrogen-bond donors (Lipinski definition) is 1. The second-order valence-electron chi connectivity index (χ2n) is 8.79. The van der Waals surface area contributed by atoms with E-state index in [0.29, 0.717) is 17.4 Å². The SMILES string of the molecule is CCN1c2cc(C)c(/C=C(/C#N)C(=O)Nc3cccc(OC)c3)cc2C(C)CC1(C)C. The lowest BCUT2D eigenvalue weighted by Gasteiger charge is -2.47. The fraction of sp³-hybridized carbons (Fsp3) is 0.385. The molecule has 0 fully saturated rings. The van der Waals surface area contributed by atoms with E-state index >= 15 is 0 Å². The number of aryl methyl sites for hydroxylation is 1. The summed E-state index contributed by atoms with van der Waals surface area (Å²) in [6.07, 6.45) is 2.75. The van der Waals surface area contributed by atoms with Crippen molar-refractivity contribution in [2.24, 2.45) is 0 Å². The highest BCUT2D eigenvalue weighted by molar-refractivity contribution is 6.09. The van der Waals surface area contributed by atoms with Crippen molar-refractivity contribution in [1.29, 1.82) is 5.26 Å². The summed E-state index contributed by atoms with van der Waals surface area (Å²) in [4.78, 5) is 15.2. The van der Waals surface area contributed by atoms with Crippen molar-refractivity contribution in [2.75, 3.05) is 23.9 Å². The molecule has 1 N–H and O–H groups in total. The minimum Gasteiger partial charge on any atom is -0.497 e. The van der Waals surface area contributed by atoms with E-state index in [2.05, 4.69) is 56.1 Å². The van der Waals surface area contributed by atoms with E-state index in [-0.39, 0.29) is 11.1 Å². The standard InChI is InChI=1S/C26H31N3O2/c1-7-29-24-11-17(2)19(13-23(24)18(3)15-26(29,4)5)12-20(16-27)25(30)28-21-9-8-10-22(14-21)31-6/h8-14,18H,7,15H2,1-6H3,(H,28,30)/b20-12-. The number of rotatable bonds is 5. The van der Waals surface area contributed by atoms with Crippen LogP contribution in [-0.2, 0) is 4.79 Å². The predicted octanol–water partition coefficient (Wildman–Crippen LogP) is 5.66. The highest BCUT2D eigenvalue weighted by atomic mass is 16.5. The van der Waals surface area contributed by atoms with Crippen LogP contribution in [0.4, 0.5) is 11.4 Å². The number of nitriles is 1. The lowest BCUT2D eigenvalue weighted by Crippen LogP contribution is -2.48. The van der Waals surface area contributed by atoms with Crippen molar-refractivity contribution in [1.82, 2.24) is 0 Å². The summed E-state index contributed by atoms with van der Waals surface area (Å²) in [5.41, 5.74) is 5.22. The minimum absolute atomic E-state index is 0.0713. The maximum absolute atomic E-state index is 12.7. The van der Waals surface area contributed by atoms with Crippen LogP contribution in [0.5, 0.6) is 5.75 Å². The monoisotopic (exact) mass is 417 g/mol. The molecule has 2 aromatic rings. The van der Waals surface area contributed by atoms with E-state index in [1.54, 1.807) is 37.5 Å². The molecule has 0 spiro atoms. The molecule has 0 aromatic heterocycles. The predicted molar refractivity (Wildman–Crippen MR) is 127 cm³/mol. The third-order valence-electron chi connectivity index (χ3n) is 6.08. The van der Waals surface area contributed by atoms with Crippen LogP contribution < -0.4 is 15.0 Å². The highest BCUT2D eigenvalue weighted by Gasteiger charge is 2.35. The van der Waals surface area contributed by atoms with Gasteiger partial charge in [0.2, 0.25) is 0 Å².